The lowest BCUT2D eigenvalue weighted by Crippen LogP contribution is -2.23. The van der Waals surface area contributed by atoms with Crippen molar-refractivity contribution in [2.75, 3.05) is 5.32 Å². The van der Waals surface area contributed by atoms with Gasteiger partial charge in [0, 0.05) is 12.7 Å². The normalized spacial score (nSPS) is 11.2. The lowest BCUT2D eigenvalue weighted by molar-refractivity contribution is 0.322. The Morgan fingerprint density at radius 3 is 2.78 bits per heavy atom. The Balaban J connectivity index is 2.09. The van der Waals surface area contributed by atoms with E-state index >= 15 is 0 Å². The number of aryl methyl sites for hydroxylation is 1. The highest BCUT2D eigenvalue weighted by atomic mass is 16.4. The van der Waals surface area contributed by atoms with E-state index in [-0.39, 0.29) is 11.1 Å². The van der Waals surface area contributed by atoms with E-state index in [0.717, 1.165) is 17.3 Å². The summed E-state index contributed by atoms with van der Waals surface area (Å²) < 4.78 is 1.44. The molecule has 0 aliphatic heterocycles. The van der Waals surface area contributed by atoms with E-state index in [9.17, 15) is 4.79 Å². The van der Waals surface area contributed by atoms with Crippen LogP contribution < -0.4 is 10.9 Å². The molecule has 0 radical (unpaired) electrons. The van der Waals surface area contributed by atoms with Gasteiger partial charge in [-0.3, -0.25) is 9.20 Å². The van der Waals surface area contributed by atoms with Crippen LogP contribution in [0.15, 0.2) is 58.6 Å². The van der Waals surface area contributed by atoms with Crippen molar-refractivity contribution < 1.29 is 5.21 Å². The molecule has 6 heteroatoms. The molecule has 0 bridgehead atoms. The van der Waals surface area contributed by atoms with Gasteiger partial charge < -0.3 is 10.5 Å². The number of pyridine rings is 1. The summed E-state index contributed by atoms with van der Waals surface area (Å²) in [5, 5.41) is 15.0. The summed E-state index contributed by atoms with van der Waals surface area (Å²) in [6.07, 6.45) is 2.75. The third-order valence-electron chi connectivity index (χ3n) is 3.57. The zero-order valence-electron chi connectivity index (χ0n) is 12.6. The molecular formula is C17H16N4O2. The molecule has 1 aromatic carbocycles. The first-order chi connectivity index (χ1) is 11.2. The number of rotatable bonds is 4. The molecule has 0 saturated carbocycles. The number of hydrogen-bond donors (Lipinski definition) is 2. The fourth-order valence-electron chi connectivity index (χ4n) is 2.40. The fraction of sp³-hybridized carbons (Fsp3) is 0.118. The summed E-state index contributed by atoms with van der Waals surface area (Å²) in [5.41, 5.74) is 2.45. The minimum absolute atomic E-state index is 0.214. The smallest absolute Gasteiger partial charge is 0.268 e. The molecule has 0 spiro atoms. The van der Waals surface area contributed by atoms with Crippen LogP contribution in [0.4, 0.5) is 5.82 Å². The summed E-state index contributed by atoms with van der Waals surface area (Å²) in [7, 11) is 0. The summed E-state index contributed by atoms with van der Waals surface area (Å²) in [5.74, 6) is 0.394. The third kappa shape index (κ3) is 2.91. The number of nitrogens with zero attached hydrogens (tertiary/aromatic N) is 3. The maximum absolute atomic E-state index is 12.6. The van der Waals surface area contributed by atoms with Crippen LogP contribution in [0.25, 0.3) is 5.65 Å². The van der Waals surface area contributed by atoms with Gasteiger partial charge in [0.25, 0.3) is 5.56 Å². The topological polar surface area (TPSA) is 79.0 Å². The van der Waals surface area contributed by atoms with Crippen LogP contribution >= 0.6 is 0 Å². The van der Waals surface area contributed by atoms with E-state index in [2.05, 4.69) is 15.5 Å². The molecule has 0 aliphatic rings. The highest BCUT2D eigenvalue weighted by molar-refractivity contribution is 5.86. The molecule has 0 atom stereocenters. The maximum atomic E-state index is 12.6. The second-order valence-electron chi connectivity index (χ2n) is 5.15. The van der Waals surface area contributed by atoms with E-state index in [1.54, 1.807) is 12.3 Å². The van der Waals surface area contributed by atoms with Crippen LogP contribution in [0, 0.1) is 6.92 Å². The van der Waals surface area contributed by atoms with Gasteiger partial charge in [-0.25, -0.2) is 4.98 Å². The number of benzene rings is 1. The minimum Gasteiger partial charge on any atom is -0.411 e. The number of oxime groups is 1. The van der Waals surface area contributed by atoms with Crippen molar-refractivity contribution in [3.63, 3.8) is 0 Å². The molecule has 0 saturated heterocycles. The summed E-state index contributed by atoms with van der Waals surface area (Å²) in [4.78, 5) is 17.1. The van der Waals surface area contributed by atoms with Gasteiger partial charge in [0.1, 0.15) is 17.0 Å². The van der Waals surface area contributed by atoms with Crippen LogP contribution in [0.1, 0.15) is 16.7 Å². The van der Waals surface area contributed by atoms with Crippen molar-refractivity contribution in [1.82, 2.24) is 9.38 Å². The largest absolute Gasteiger partial charge is 0.411 e. The molecule has 6 nitrogen and oxygen atoms in total. The first-order valence-corrected chi connectivity index (χ1v) is 7.18. The number of nitrogens with one attached hydrogen (secondary N) is 1. The molecule has 0 unspecified atom stereocenters. The van der Waals surface area contributed by atoms with Gasteiger partial charge in [-0.1, -0.05) is 41.6 Å². The van der Waals surface area contributed by atoms with E-state index in [1.165, 1.54) is 4.40 Å². The van der Waals surface area contributed by atoms with Crippen molar-refractivity contribution in [2.45, 2.75) is 13.5 Å². The zero-order valence-corrected chi connectivity index (χ0v) is 12.6. The Labute approximate surface area is 132 Å². The second kappa shape index (κ2) is 6.31. The number of hydrogen-bond acceptors (Lipinski definition) is 5. The standard InChI is InChI=1S/C17H16N4O2/c1-12-6-5-9-21-16(12)20-15(14(11-19-23)17(21)22)18-10-13-7-3-2-4-8-13/h2-9,11,18,23H,10H2,1H3/b19-11-. The lowest BCUT2D eigenvalue weighted by atomic mass is 10.2. The monoisotopic (exact) mass is 308 g/mol. The number of anilines is 1. The Hall–Kier alpha value is -3.15. The van der Waals surface area contributed by atoms with E-state index in [4.69, 9.17) is 5.21 Å². The van der Waals surface area contributed by atoms with Gasteiger partial charge in [0.15, 0.2) is 0 Å². The molecule has 0 aliphatic carbocycles. The van der Waals surface area contributed by atoms with Gasteiger partial charge in [-0.15, -0.1) is 0 Å². The second-order valence-corrected chi connectivity index (χ2v) is 5.15. The average Bonchev–Trinajstić information content (AvgIpc) is 2.58. The third-order valence-corrected chi connectivity index (χ3v) is 3.57. The van der Waals surface area contributed by atoms with Gasteiger partial charge in [0.2, 0.25) is 0 Å². The predicted octanol–water partition coefficient (Wildman–Crippen LogP) is 2.42. The van der Waals surface area contributed by atoms with E-state index < -0.39 is 0 Å². The number of fused-ring (bicyclic) bond motifs is 1. The van der Waals surface area contributed by atoms with Crippen molar-refractivity contribution in [1.29, 1.82) is 0 Å². The fourth-order valence-corrected chi connectivity index (χ4v) is 2.40. The Bertz CT molecular complexity index is 917. The van der Waals surface area contributed by atoms with Crippen LogP contribution in [0.2, 0.25) is 0 Å². The van der Waals surface area contributed by atoms with E-state index in [1.807, 2.05) is 43.3 Å². The summed E-state index contributed by atoms with van der Waals surface area (Å²) in [6.45, 7) is 2.41. The Morgan fingerprint density at radius 2 is 2.04 bits per heavy atom. The summed E-state index contributed by atoms with van der Waals surface area (Å²) in [6, 6.07) is 13.5. The van der Waals surface area contributed by atoms with Crippen LogP contribution in [-0.2, 0) is 6.54 Å². The molecule has 0 fully saturated rings. The Morgan fingerprint density at radius 1 is 1.26 bits per heavy atom. The molecule has 116 valence electrons. The summed E-state index contributed by atoms with van der Waals surface area (Å²) >= 11 is 0. The SMILES string of the molecule is Cc1cccn2c(=O)c(/C=N\O)c(NCc3ccccc3)nc12. The van der Waals surface area contributed by atoms with Gasteiger partial charge >= 0.3 is 0 Å². The lowest BCUT2D eigenvalue weighted by Gasteiger charge is -2.11. The van der Waals surface area contributed by atoms with Gasteiger partial charge in [0.05, 0.1) is 6.21 Å². The first-order valence-electron chi connectivity index (χ1n) is 7.18. The molecule has 2 heterocycles. The molecule has 2 aromatic heterocycles. The van der Waals surface area contributed by atoms with Crippen LogP contribution in [0.5, 0.6) is 0 Å². The minimum atomic E-state index is -0.285. The van der Waals surface area contributed by atoms with Crippen LogP contribution in [0.3, 0.4) is 0 Å². The quantitative estimate of drug-likeness (QED) is 0.441. The molecule has 3 rings (SSSR count). The zero-order chi connectivity index (χ0) is 16.2. The van der Waals surface area contributed by atoms with Crippen molar-refractivity contribution >= 4 is 17.7 Å². The van der Waals surface area contributed by atoms with E-state index in [0.29, 0.717) is 18.0 Å². The number of aromatic nitrogens is 2. The molecule has 2 N–H and O–H groups in total. The first kappa shape index (κ1) is 14.8. The van der Waals surface area contributed by atoms with Gasteiger partial charge in [-0.2, -0.15) is 0 Å². The molecule has 23 heavy (non-hydrogen) atoms. The van der Waals surface area contributed by atoms with Crippen molar-refractivity contribution in [3.8, 4) is 0 Å². The predicted molar refractivity (Wildman–Crippen MR) is 89.3 cm³/mol. The average molecular weight is 308 g/mol. The van der Waals surface area contributed by atoms with Gasteiger partial charge in [-0.05, 0) is 24.1 Å². The van der Waals surface area contributed by atoms with Crippen LogP contribution in [-0.4, -0.2) is 20.8 Å². The highest BCUT2D eigenvalue weighted by Crippen LogP contribution is 2.13. The van der Waals surface area contributed by atoms with Crippen molar-refractivity contribution in [3.05, 3.63) is 75.7 Å². The molecule has 3 aromatic rings. The molecule has 0 amide bonds. The molecular weight excluding hydrogens is 292 g/mol. The highest BCUT2D eigenvalue weighted by Gasteiger charge is 2.12. The Kier molecular flexibility index (Phi) is 4.05. The van der Waals surface area contributed by atoms with Crippen molar-refractivity contribution in [2.24, 2.45) is 5.16 Å². The maximum Gasteiger partial charge on any atom is 0.268 e.